The number of nitrogens with zero attached hydrogens (tertiary/aromatic N) is 1. The highest BCUT2D eigenvalue weighted by molar-refractivity contribution is 7.91. The summed E-state index contributed by atoms with van der Waals surface area (Å²) in [6.07, 6.45) is 3.04. The summed E-state index contributed by atoms with van der Waals surface area (Å²) >= 11 is 0. The molecule has 1 rings (SSSR count). The summed E-state index contributed by atoms with van der Waals surface area (Å²) in [5, 5.41) is 3.64. The smallest absolute Gasteiger partial charge is 0.151 e. The van der Waals surface area contributed by atoms with Crippen LogP contribution in [0.25, 0.3) is 0 Å². The van der Waals surface area contributed by atoms with Crippen LogP contribution in [0.3, 0.4) is 0 Å². The van der Waals surface area contributed by atoms with Crippen molar-refractivity contribution in [3.8, 4) is 0 Å². The standard InChI is InChI=1S/C16H34N2O2S/c1-6-8-14-13-18(9-11-21(19,20)10-7-2)15(12-17-14)16(3,4)5/h14-15,17H,6-13H2,1-5H3. The molecule has 1 fully saturated rings. The molecule has 0 bridgehead atoms. The molecule has 1 aliphatic rings. The summed E-state index contributed by atoms with van der Waals surface area (Å²) in [5.74, 6) is 0.615. The minimum atomic E-state index is -2.89. The lowest BCUT2D eigenvalue weighted by Gasteiger charge is -2.46. The zero-order valence-corrected chi connectivity index (χ0v) is 15.3. The molecule has 1 N–H and O–H groups in total. The highest BCUT2D eigenvalue weighted by atomic mass is 32.2. The minimum absolute atomic E-state index is 0.165. The second kappa shape index (κ2) is 7.93. The Balaban J connectivity index is 2.70. The van der Waals surface area contributed by atoms with Gasteiger partial charge in [-0.3, -0.25) is 4.90 Å². The van der Waals surface area contributed by atoms with Crippen molar-refractivity contribution < 1.29 is 8.42 Å². The molecular formula is C16H34N2O2S. The second-order valence-corrected chi connectivity index (χ2v) is 9.73. The molecule has 126 valence electrons. The molecule has 4 nitrogen and oxygen atoms in total. The van der Waals surface area contributed by atoms with Gasteiger partial charge in [0.25, 0.3) is 0 Å². The van der Waals surface area contributed by atoms with Gasteiger partial charge in [0.15, 0.2) is 9.84 Å². The summed E-state index contributed by atoms with van der Waals surface area (Å²) in [5.41, 5.74) is 0.165. The van der Waals surface area contributed by atoms with E-state index in [1.165, 1.54) is 6.42 Å². The van der Waals surface area contributed by atoms with Gasteiger partial charge in [0.1, 0.15) is 0 Å². The molecule has 5 heteroatoms. The maximum atomic E-state index is 12.0. The van der Waals surface area contributed by atoms with Crippen molar-refractivity contribution in [2.75, 3.05) is 31.1 Å². The average Bonchev–Trinajstić information content (AvgIpc) is 2.36. The fraction of sp³-hybridized carbons (Fsp3) is 1.00. The third-order valence-electron chi connectivity index (χ3n) is 4.34. The van der Waals surface area contributed by atoms with Crippen molar-refractivity contribution in [3.05, 3.63) is 0 Å². The van der Waals surface area contributed by atoms with E-state index in [0.29, 0.717) is 36.6 Å². The molecule has 21 heavy (non-hydrogen) atoms. The van der Waals surface area contributed by atoms with E-state index in [4.69, 9.17) is 0 Å². The lowest BCUT2D eigenvalue weighted by molar-refractivity contribution is 0.0591. The van der Waals surface area contributed by atoms with E-state index in [1.54, 1.807) is 0 Å². The molecule has 0 aliphatic carbocycles. The first-order valence-corrected chi connectivity index (χ1v) is 10.2. The average molecular weight is 319 g/mol. The Morgan fingerprint density at radius 1 is 1.14 bits per heavy atom. The van der Waals surface area contributed by atoms with Gasteiger partial charge < -0.3 is 5.32 Å². The van der Waals surface area contributed by atoms with Crippen molar-refractivity contribution in [3.63, 3.8) is 0 Å². The molecule has 1 aliphatic heterocycles. The Bertz CT molecular complexity index is 401. The van der Waals surface area contributed by atoms with E-state index in [1.807, 2.05) is 6.92 Å². The van der Waals surface area contributed by atoms with Crippen LogP contribution in [-0.2, 0) is 9.84 Å². The van der Waals surface area contributed by atoms with E-state index < -0.39 is 9.84 Å². The van der Waals surface area contributed by atoms with Crippen LogP contribution in [0.2, 0.25) is 0 Å². The van der Waals surface area contributed by atoms with Gasteiger partial charge in [-0.05, 0) is 18.3 Å². The summed E-state index contributed by atoms with van der Waals surface area (Å²) in [4.78, 5) is 2.41. The molecule has 2 unspecified atom stereocenters. The zero-order valence-electron chi connectivity index (χ0n) is 14.5. The highest BCUT2D eigenvalue weighted by Crippen LogP contribution is 2.27. The Kier molecular flexibility index (Phi) is 7.14. The quantitative estimate of drug-likeness (QED) is 0.782. The van der Waals surface area contributed by atoms with E-state index in [-0.39, 0.29) is 5.41 Å². The molecule has 0 aromatic carbocycles. The van der Waals surface area contributed by atoms with Crippen LogP contribution < -0.4 is 5.32 Å². The maximum absolute atomic E-state index is 12.0. The Morgan fingerprint density at radius 2 is 1.81 bits per heavy atom. The molecule has 0 spiro atoms. The van der Waals surface area contributed by atoms with Gasteiger partial charge in [0.2, 0.25) is 0 Å². The molecule has 0 radical (unpaired) electrons. The van der Waals surface area contributed by atoms with Crippen LogP contribution in [0.15, 0.2) is 0 Å². The molecule has 1 saturated heterocycles. The van der Waals surface area contributed by atoms with Gasteiger partial charge >= 0.3 is 0 Å². The van der Waals surface area contributed by atoms with Gasteiger partial charge in [0.05, 0.1) is 5.75 Å². The SMILES string of the molecule is CCCC1CN(CCS(=O)(=O)CCC)C(C(C)(C)C)CN1. The summed E-state index contributed by atoms with van der Waals surface area (Å²) in [6, 6.07) is 0.907. The van der Waals surface area contributed by atoms with Gasteiger partial charge in [-0.2, -0.15) is 0 Å². The number of hydrogen-bond acceptors (Lipinski definition) is 4. The number of sulfone groups is 1. The zero-order chi connectivity index (χ0) is 16.1. The van der Waals surface area contributed by atoms with Crippen molar-refractivity contribution in [1.29, 1.82) is 0 Å². The number of piperazine rings is 1. The summed E-state index contributed by atoms with van der Waals surface area (Å²) in [7, 11) is -2.89. The number of rotatable bonds is 7. The van der Waals surface area contributed by atoms with E-state index in [2.05, 4.69) is 37.9 Å². The molecule has 2 atom stereocenters. The van der Waals surface area contributed by atoms with Crippen molar-refractivity contribution >= 4 is 9.84 Å². The van der Waals surface area contributed by atoms with Crippen LogP contribution in [0.5, 0.6) is 0 Å². The maximum Gasteiger partial charge on any atom is 0.151 e. The van der Waals surface area contributed by atoms with Crippen LogP contribution >= 0.6 is 0 Å². The predicted octanol–water partition coefficient (Wildman–Crippen LogP) is 2.30. The molecular weight excluding hydrogens is 284 g/mol. The van der Waals surface area contributed by atoms with Crippen LogP contribution in [0.4, 0.5) is 0 Å². The van der Waals surface area contributed by atoms with Crippen LogP contribution in [0.1, 0.15) is 53.9 Å². The molecule has 0 saturated carbocycles. The topological polar surface area (TPSA) is 49.4 Å². The first kappa shape index (κ1) is 18.9. The minimum Gasteiger partial charge on any atom is -0.311 e. The van der Waals surface area contributed by atoms with Crippen molar-refractivity contribution in [1.82, 2.24) is 10.2 Å². The van der Waals surface area contributed by atoms with Gasteiger partial charge in [0, 0.05) is 37.5 Å². The Labute approximate surface area is 131 Å². The summed E-state index contributed by atoms with van der Waals surface area (Å²) < 4.78 is 24.0. The van der Waals surface area contributed by atoms with E-state index in [0.717, 1.165) is 19.5 Å². The third kappa shape index (κ3) is 6.25. The molecule has 0 amide bonds. The number of nitrogens with one attached hydrogen (secondary N) is 1. The molecule has 0 aromatic rings. The second-order valence-electron chi connectivity index (χ2n) is 7.42. The van der Waals surface area contributed by atoms with Crippen LogP contribution in [0, 0.1) is 5.41 Å². The fourth-order valence-electron chi connectivity index (χ4n) is 3.19. The van der Waals surface area contributed by atoms with E-state index in [9.17, 15) is 8.42 Å². The first-order valence-electron chi connectivity index (χ1n) is 8.37. The van der Waals surface area contributed by atoms with E-state index >= 15 is 0 Å². The van der Waals surface area contributed by atoms with Gasteiger partial charge in [-0.1, -0.05) is 41.0 Å². The molecule has 0 aromatic heterocycles. The molecule has 1 heterocycles. The predicted molar refractivity (Wildman–Crippen MR) is 90.5 cm³/mol. The van der Waals surface area contributed by atoms with Crippen molar-refractivity contribution in [2.24, 2.45) is 5.41 Å². The summed E-state index contributed by atoms with van der Waals surface area (Å²) in [6.45, 7) is 13.5. The largest absolute Gasteiger partial charge is 0.311 e. The van der Waals surface area contributed by atoms with Crippen LogP contribution in [-0.4, -0.2) is 56.5 Å². The van der Waals surface area contributed by atoms with Gasteiger partial charge in [-0.15, -0.1) is 0 Å². The number of hydrogen-bond donors (Lipinski definition) is 1. The normalized spacial score (nSPS) is 25.2. The highest BCUT2D eigenvalue weighted by Gasteiger charge is 2.35. The monoisotopic (exact) mass is 318 g/mol. The third-order valence-corrected chi connectivity index (χ3v) is 6.17. The first-order chi connectivity index (χ1) is 9.69. The Morgan fingerprint density at radius 3 is 2.33 bits per heavy atom. The fourth-order valence-corrected chi connectivity index (χ4v) is 4.53. The van der Waals surface area contributed by atoms with Gasteiger partial charge in [-0.25, -0.2) is 8.42 Å². The lowest BCUT2D eigenvalue weighted by Crippen LogP contribution is -2.61. The van der Waals surface area contributed by atoms with Crippen molar-refractivity contribution in [2.45, 2.75) is 66.0 Å². The lowest BCUT2D eigenvalue weighted by atomic mass is 9.83. The Hall–Kier alpha value is -0.130.